The molecule has 0 aliphatic rings. The number of H-pyrrole nitrogens is 1. The van der Waals surface area contributed by atoms with Crippen molar-refractivity contribution in [2.75, 3.05) is 0 Å². The Bertz CT molecular complexity index is 967. The zero-order chi connectivity index (χ0) is 19.8. The van der Waals surface area contributed by atoms with E-state index in [1.807, 2.05) is 13.0 Å². The Balaban J connectivity index is 1.93. The second kappa shape index (κ2) is 6.95. The van der Waals surface area contributed by atoms with E-state index >= 15 is 0 Å². The van der Waals surface area contributed by atoms with Gasteiger partial charge in [-0.05, 0) is 24.6 Å². The summed E-state index contributed by atoms with van der Waals surface area (Å²) in [4.78, 5) is 10.9. The minimum atomic E-state index is -5.25. The van der Waals surface area contributed by atoms with E-state index in [0.717, 1.165) is 11.3 Å². The smallest absolute Gasteiger partial charge is 0.405 e. The molecule has 4 nitrogen and oxygen atoms in total. The van der Waals surface area contributed by atoms with Gasteiger partial charge in [0.05, 0.1) is 16.7 Å². The van der Waals surface area contributed by atoms with Crippen molar-refractivity contribution in [2.45, 2.75) is 30.4 Å². The number of hydrogen-bond donors (Lipinski definition) is 1. The highest BCUT2D eigenvalue weighted by Gasteiger charge is 2.40. The number of alkyl halides is 6. The van der Waals surface area contributed by atoms with Crippen molar-refractivity contribution in [1.82, 2.24) is 15.0 Å². The third-order valence-corrected chi connectivity index (χ3v) is 4.44. The van der Waals surface area contributed by atoms with Crippen molar-refractivity contribution in [2.24, 2.45) is 0 Å². The van der Waals surface area contributed by atoms with E-state index in [1.165, 1.54) is 11.8 Å². The number of halogens is 6. The van der Waals surface area contributed by atoms with E-state index in [9.17, 15) is 26.3 Å². The lowest BCUT2D eigenvalue weighted by molar-refractivity contribution is -0.276. The molecule has 0 fully saturated rings. The molecule has 0 aliphatic heterocycles. The van der Waals surface area contributed by atoms with Crippen LogP contribution < -0.4 is 4.74 Å². The number of hydrogen-bond acceptors (Lipinski definition) is 4. The average molecular weight is 407 g/mol. The van der Waals surface area contributed by atoms with E-state index in [-0.39, 0.29) is 16.2 Å². The number of aromatic nitrogens is 3. The molecule has 1 aromatic carbocycles. The van der Waals surface area contributed by atoms with Gasteiger partial charge in [-0.1, -0.05) is 17.8 Å². The summed E-state index contributed by atoms with van der Waals surface area (Å²) in [5, 5.41) is 0.257. The molecule has 144 valence electrons. The van der Waals surface area contributed by atoms with Crippen LogP contribution in [0.5, 0.6) is 5.75 Å². The topological polar surface area (TPSA) is 50.8 Å². The van der Waals surface area contributed by atoms with E-state index in [1.54, 1.807) is 12.3 Å². The van der Waals surface area contributed by atoms with Gasteiger partial charge >= 0.3 is 12.5 Å². The van der Waals surface area contributed by atoms with Crippen LogP contribution >= 0.6 is 11.8 Å². The van der Waals surface area contributed by atoms with Crippen molar-refractivity contribution in [3.63, 3.8) is 0 Å². The lowest BCUT2D eigenvalue weighted by Gasteiger charge is -2.15. The molecule has 0 spiro atoms. The SMILES string of the molecule is Cc1cccnc1CSc1nc2cc(OC(F)(F)F)c(C(F)(F)F)cc2[nH]1. The van der Waals surface area contributed by atoms with E-state index in [2.05, 4.69) is 19.7 Å². The Morgan fingerprint density at radius 1 is 1.15 bits per heavy atom. The van der Waals surface area contributed by atoms with E-state index < -0.39 is 23.9 Å². The Hall–Kier alpha value is -2.43. The first-order chi connectivity index (χ1) is 12.5. The summed E-state index contributed by atoms with van der Waals surface area (Å²) >= 11 is 1.17. The van der Waals surface area contributed by atoms with Crippen molar-refractivity contribution in [1.29, 1.82) is 0 Å². The second-order valence-electron chi connectivity index (χ2n) is 5.51. The Kier molecular flexibility index (Phi) is 4.98. The highest BCUT2D eigenvalue weighted by molar-refractivity contribution is 7.98. The number of aryl methyl sites for hydroxylation is 1. The van der Waals surface area contributed by atoms with Crippen molar-refractivity contribution >= 4 is 22.8 Å². The van der Waals surface area contributed by atoms with Gasteiger partial charge in [0.15, 0.2) is 5.16 Å². The third-order valence-electron chi connectivity index (χ3n) is 3.56. The number of fused-ring (bicyclic) bond motifs is 1. The normalized spacial score (nSPS) is 12.6. The molecule has 0 radical (unpaired) electrons. The van der Waals surface area contributed by atoms with Gasteiger partial charge < -0.3 is 9.72 Å². The summed E-state index contributed by atoms with van der Waals surface area (Å²) in [6.45, 7) is 1.86. The van der Waals surface area contributed by atoms with Crippen LogP contribution in [-0.2, 0) is 11.9 Å². The summed E-state index contributed by atoms with van der Waals surface area (Å²) in [5.41, 5.74) is 0.0500. The highest BCUT2D eigenvalue weighted by Crippen LogP contribution is 2.40. The Morgan fingerprint density at radius 3 is 2.52 bits per heavy atom. The number of imidazole rings is 1. The molecule has 0 amide bonds. The molecular weight excluding hydrogens is 396 g/mol. The first-order valence-corrected chi connectivity index (χ1v) is 8.41. The Labute approximate surface area is 153 Å². The lowest BCUT2D eigenvalue weighted by Crippen LogP contribution is -2.20. The second-order valence-corrected chi connectivity index (χ2v) is 6.47. The first kappa shape index (κ1) is 19.3. The monoisotopic (exact) mass is 407 g/mol. The molecule has 1 N–H and O–H groups in total. The number of rotatable bonds is 4. The lowest BCUT2D eigenvalue weighted by atomic mass is 10.1. The average Bonchev–Trinajstić information content (AvgIpc) is 2.92. The number of thioether (sulfide) groups is 1. The molecule has 3 aromatic rings. The molecule has 0 aliphatic carbocycles. The largest absolute Gasteiger partial charge is 0.573 e. The van der Waals surface area contributed by atoms with Crippen molar-refractivity contribution < 1.29 is 31.1 Å². The number of nitrogens with one attached hydrogen (secondary N) is 1. The maximum absolute atomic E-state index is 13.1. The van der Waals surface area contributed by atoms with Crippen LogP contribution in [0.2, 0.25) is 0 Å². The van der Waals surface area contributed by atoms with Crippen LogP contribution in [0.25, 0.3) is 11.0 Å². The molecule has 0 unspecified atom stereocenters. The minimum absolute atomic E-state index is 0.0444. The summed E-state index contributed by atoms with van der Waals surface area (Å²) in [6, 6.07) is 4.81. The number of nitrogens with zero attached hydrogens (tertiary/aromatic N) is 2. The van der Waals surface area contributed by atoms with Crippen LogP contribution in [0.3, 0.4) is 0 Å². The zero-order valence-electron chi connectivity index (χ0n) is 13.6. The van der Waals surface area contributed by atoms with Crippen molar-refractivity contribution in [3.8, 4) is 5.75 Å². The van der Waals surface area contributed by atoms with Gasteiger partial charge in [0.25, 0.3) is 0 Å². The molecule has 11 heteroatoms. The molecule has 27 heavy (non-hydrogen) atoms. The van der Waals surface area contributed by atoms with Gasteiger partial charge in [-0.3, -0.25) is 4.98 Å². The van der Waals surface area contributed by atoms with Crippen LogP contribution in [0.1, 0.15) is 16.8 Å². The predicted molar refractivity (Wildman–Crippen MR) is 86.3 cm³/mol. The molecule has 2 heterocycles. The van der Waals surface area contributed by atoms with Crippen molar-refractivity contribution in [3.05, 3.63) is 47.3 Å². The molecule has 0 atom stereocenters. The fourth-order valence-corrected chi connectivity index (χ4v) is 3.24. The van der Waals surface area contributed by atoms with Gasteiger partial charge in [-0.2, -0.15) is 13.2 Å². The molecule has 0 bridgehead atoms. The van der Waals surface area contributed by atoms with Gasteiger partial charge in [-0.25, -0.2) is 4.98 Å². The third kappa shape index (κ3) is 4.65. The summed E-state index contributed by atoms with van der Waals surface area (Å²) in [5.74, 6) is -0.948. The maximum Gasteiger partial charge on any atom is 0.573 e. The fraction of sp³-hybridized carbons (Fsp3) is 0.250. The summed E-state index contributed by atoms with van der Waals surface area (Å²) < 4.78 is 80.1. The molecule has 3 rings (SSSR count). The molecule has 2 aromatic heterocycles. The van der Waals surface area contributed by atoms with Crippen LogP contribution in [0.4, 0.5) is 26.3 Å². The standard InChI is InChI=1S/C16H11F6N3OS/c1-8-3-2-4-23-12(8)7-27-14-24-10-5-9(15(17,18)19)13(6-11(10)25-14)26-16(20,21)22/h2-6H,7H2,1H3,(H,24,25). The van der Waals surface area contributed by atoms with Crippen LogP contribution in [0, 0.1) is 6.92 Å². The number of ether oxygens (including phenoxy) is 1. The summed E-state index contributed by atoms with van der Waals surface area (Å²) in [6.07, 6.45) is -8.66. The van der Waals surface area contributed by atoms with Crippen LogP contribution in [0.15, 0.2) is 35.6 Å². The fourth-order valence-electron chi connectivity index (χ4n) is 2.32. The van der Waals surface area contributed by atoms with Gasteiger partial charge in [-0.15, -0.1) is 13.2 Å². The predicted octanol–water partition coefficient (Wildman–Crippen LogP) is 5.48. The molecule has 0 saturated carbocycles. The molecule has 0 saturated heterocycles. The highest BCUT2D eigenvalue weighted by atomic mass is 32.2. The maximum atomic E-state index is 13.1. The minimum Gasteiger partial charge on any atom is -0.405 e. The zero-order valence-corrected chi connectivity index (χ0v) is 14.4. The molecular formula is C16H11F6N3OS. The van der Waals surface area contributed by atoms with Gasteiger partial charge in [0, 0.05) is 18.0 Å². The van der Waals surface area contributed by atoms with Gasteiger partial charge in [0.1, 0.15) is 11.3 Å². The summed E-state index contributed by atoms with van der Waals surface area (Å²) in [7, 11) is 0. The first-order valence-electron chi connectivity index (χ1n) is 7.43. The van der Waals surface area contributed by atoms with Crippen LogP contribution in [-0.4, -0.2) is 21.3 Å². The van der Waals surface area contributed by atoms with E-state index in [0.29, 0.717) is 17.9 Å². The Morgan fingerprint density at radius 2 is 1.89 bits per heavy atom. The number of aromatic amines is 1. The number of benzene rings is 1. The quantitative estimate of drug-likeness (QED) is 0.460. The van der Waals surface area contributed by atoms with Gasteiger partial charge in [0.2, 0.25) is 0 Å². The van der Waals surface area contributed by atoms with E-state index in [4.69, 9.17) is 0 Å². The number of pyridine rings is 1.